The van der Waals surface area contributed by atoms with Gasteiger partial charge in [0, 0.05) is 31.0 Å². The Morgan fingerprint density at radius 1 is 1.16 bits per heavy atom. The van der Waals surface area contributed by atoms with Crippen molar-refractivity contribution in [1.29, 1.82) is 0 Å². The number of rotatable bonds is 6. The van der Waals surface area contributed by atoms with Gasteiger partial charge in [-0.15, -0.1) is 0 Å². The molecule has 1 aromatic heterocycles. The summed E-state index contributed by atoms with van der Waals surface area (Å²) < 4.78 is 24.5. The van der Waals surface area contributed by atoms with Crippen LogP contribution in [0.3, 0.4) is 0 Å². The van der Waals surface area contributed by atoms with Crippen molar-refractivity contribution in [2.24, 2.45) is 0 Å². The number of methoxy groups -OCH3 is 1. The Morgan fingerprint density at radius 2 is 1.88 bits per heavy atom. The Bertz CT molecular complexity index is 1160. The van der Waals surface area contributed by atoms with Crippen LogP contribution >= 0.6 is 0 Å². The highest BCUT2D eigenvalue weighted by atomic mass is 19.1. The Kier molecular flexibility index (Phi) is 6.20. The maximum absolute atomic E-state index is 13.8. The van der Waals surface area contributed by atoms with Gasteiger partial charge in [0.15, 0.2) is 18.2 Å². The van der Waals surface area contributed by atoms with E-state index in [0.29, 0.717) is 24.6 Å². The lowest BCUT2D eigenvalue weighted by molar-refractivity contribution is -0.132. The smallest absolute Gasteiger partial charge is 0.260 e. The van der Waals surface area contributed by atoms with E-state index in [4.69, 9.17) is 9.47 Å². The second kappa shape index (κ2) is 9.21. The molecule has 32 heavy (non-hydrogen) atoms. The van der Waals surface area contributed by atoms with E-state index < -0.39 is 5.82 Å². The molecule has 7 nitrogen and oxygen atoms in total. The van der Waals surface area contributed by atoms with E-state index in [1.807, 2.05) is 24.3 Å². The number of amides is 1. The second-order valence-corrected chi connectivity index (χ2v) is 7.76. The zero-order valence-corrected chi connectivity index (χ0v) is 17.9. The monoisotopic (exact) mass is 437 g/mol. The molecule has 0 bridgehead atoms. The summed E-state index contributed by atoms with van der Waals surface area (Å²) in [5, 5.41) is 0. The summed E-state index contributed by atoms with van der Waals surface area (Å²) in [4.78, 5) is 33.8. The summed E-state index contributed by atoms with van der Waals surface area (Å²) >= 11 is 0. The van der Waals surface area contributed by atoms with Crippen LogP contribution in [0.4, 0.5) is 4.39 Å². The Balaban J connectivity index is 1.57. The lowest BCUT2D eigenvalue weighted by Gasteiger charge is -2.18. The standard InChI is InChI=1S/C24H24FN3O4/c1-15-26-21(11-23(29)27-15)19-13-28(12-18(19)16-7-9-17(31-2)10-8-16)24(30)14-32-22-6-4-3-5-20(22)25/h3-11,18-19H,12-14H2,1-2H3,(H,26,27,29)/t18-,19+/m0/s1. The van der Waals surface area contributed by atoms with E-state index in [0.717, 1.165) is 11.3 Å². The Morgan fingerprint density at radius 3 is 2.56 bits per heavy atom. The number of nitrogens with zero attached hydrogens (tertiary/aromatic N) is 2. The number of nitrogens with one attached hydrogen (secondary N) is 1. The van der Waals surface area contributed by atoms with Gasteiger partial charge in [0.2, 0.25) is 0 Å². The number of aromatic nitrogens is 2. The lowest BCUT2D eigenvalue weighted by atomic mass is 9.86. The summed E-state index contributed by atoms with van der Waals surface area (Å²) in [5.74, 6) is 0.298. The minimum Gasteiger partial charge on any atom is -0.497 e. The normalized spacial score (nSPS) is 17.9. The third kappa shape index (κ3) is 4.64. The number of carbonyl (C=O) groups is 1. The lowest BCUT2D eigenvalue weighted by Crippen LogP contribution is -2.33. The summed E-state index contributed by atoms with van der Waals surface area (Å²) in [5.41, 5.74) is 1.42. The van der Waals surface area contributed by atoms with E-state index in [1.54, 1.807) is 31.1 Å². The molecule has 2 heterocycles. The molecule has 166 valence electrons. The summed E-state index contributed by atoms with van der Waals surface area (Å²) in [7, 11) is 1.60. The van der Waals surface area contributed by atoms with Crippen LogP contribution in [-0.4, -0.2) is 47.6 Å². The highest BCUT2D eigenvalue weighted by molar-refractivity contribution is 5.78. The van der Waals surface area contributed by atoms with E-state index >= 15 is 0 Å². The van der Waals surface area contributed by atoms with Gasteiger partial charge in [-0.1, -0.05) is 24.3 Å². The Hall–Kier alpha value is -3.68. The van der Waals surface area contributed by atoms with E-state index in [2.05, 4.69) is 9.97 Å². The van der Waals surface area contributed by atoms with Crippen LogP contribution < -0.4 is 15.0 Å². The molecule has 4 rings (SSSR count). The molecule has 2 aromatic carbocycles. The fourth-order valence-electron chi connectivity index (χ4n) is 4.08. The molecule has 0 aliphatic carbocycles. The van der Waals surface area contributed by atoms with Gasteiger partial charge in [-0.05, 0) is 36.8 Å². The minimum absolute atomic E-state index is 0.0372. The number of halogens is 1. The predicted molar refractivity (Wildman–Crippen MR) is 117 cm³/mol. The maximum Gasteiger partial charge on any atom is 0.260 e. The summed E-state index contributed by atoms with van der Waals surface area (Å²) in [6.07, 6.45) is 0. The number of aromatic amines is 1. The maximum atomic E-state index is 13.8. The van der Waals surface area contributed by atoms with Gasteiger partial charge in [0.25, 0.3) is 11.5 Å². The molecular weight excluding hydrogens is 413 g/mol. The number of aryl methyl sites for hydroxylation is 1. The molecule has 1 aliphatic rings. The second-order valence-electron chi connectivity index (χ2n) is 7.76. The number of para-hydroxylation sites is 1. The number of carbonyl (C=O) groups excluding carboxylic acids is 1. The molecule has 1 N–H and O–H groups in total. The Labute approximate surface area is 184 Å². The molecule has 8 heteroatoms. The fraction of sp³-hybridized carbons (Fsp3) is 0.292. The van der Waals surface area contributed by atoms with Crippen molar-refractivity contribution in [1.82, 2.24) is 14.9 Å². The molecule has 0 unspecified atom stereocenters. The molecule has 0 saturated carbocycles. The average molecular weight is 437 g/mol. The van der Waals surface area contributed by atoms with Crippen LogP contribution in [0.25, 0.3) is 0 Å². The molecule has 1 aliphatic heterocycles. The van der Waals surface area contributed by atoms with Crippen molar-refractivity contribution >= 4 is 5.91 Å². The van der Waals surface area contributed by atoms with Crippen molar-refractivity contribution in [3.63, 3.8) is 0 Å². The van der Waals surface area contributed by atoms with Gasteiger partial charge in [-0.25, -0.2) is 9.37 Å². The van der Waals surface area contributed by atoms with E-state index in [-0.39, 0.29) is 35.7 Å². The van der Waals surface area contributed by atoms with Crippen molar-refractivity contribution in [2.45, 2.75) is 18.8 Å². The van der Waals surface area contributed by atoms with Crippen LogP contribution in [0.5, 0.6) is 11.5 Å². The topological polar surface area (TPSA) is 84.5 Å². The first-order valence-electron chi connectivity index (χ1n) is 10.3. The van der Waals surface area contributed by atoms with Gasteiger partial charge >= 0.3 is 0 Å². The van der Waals surface area contributed by atoms with Crippen LogP contribution in [-0.2, 0) is 4.79 Å². The molecule has 1 saturated heterocycles. The van der Waals surface area contributed by atoms with Crippen molar-refractivity contribution in [3.8, 4) is 11.5 Å². The van der Waals surface area contributed by atoms with E-state index in [9.17, 15) is 14.0 Å². The SMILES string of the molecule is COc1ccc([C@@H]2CN(C(=O)COc3ccccc3F)C[C@H]2c2cc(=O)[nH]c(C)n2)cc1. The average Bonchev–Trinajstić information content (AvgIpc) is 3.23. The van der Waals surface area contributed by atoms with Crippen molar-refractivity contribution in [2.75, 3.05) is 26.8 Å². The molecule has 1 fully saturated rings. The van der Waals surface area contributed by atoms with Gasteiger partial charge in [0.05, 0.1) is 12.8 Å². The largest absolute Gasteiger partial charge is 0.497 e. The first-order chi connectivity index (χ1) is 15.4. The third-order valence-electron chi connectivity index (χ3n) is 5.66. The van der Waals surface area contributed by atoms with Gasteiger partial charge in [-0.3, -0.25) is 9.59 Å². The predicted octanol–water partition coefficient (Wildman–Crippen LogP) is 3.01. The molecule has 1 amide bonds. The van der Waals surface area contributed by atoms with Crippen LogP contribution in [0, 0.1) is 12.7 Å². The zero-order chi connectivity index (χ0) is 22.7. The van der Waals surface area contributed by atoms with Gasteiger partial charge < -0.3 is 19.4 Å². The third-order valence-corrected chi connectivity index (χ3v) is 5.66. The summed E-state index contributed by atoms with van der Waals surface area (Å²) in [6, 6.07) is 15.1. The zero-order valence-electron chi connectivity index (χ0n) is 17.9. The fourth-order valence-corrected chi connectivity index (χ4v) is 4.08. The molecular formula is C24H24FN3O4. The first kappa shape index (κ1) is 21.5. The number of hydrogen-bond acceptors (Lipinski definition) is 5. The molecule has 2 atom stereocenters. The molecule has 0 radical (unpaired) electrons. The highest BCUT2D eigenvalue weighted by Gasteiger charge is 2.38. The van der Waals surface area contributed by atoms with Crippen LogP contribution in [0.15, 0.2) is 59.4 Å². The molecule has 0 spiro atoms. The van der Waals surface area contributed by atoms with Gasteiger partial charge in [0.1, 0.15) is 11.6 Å². The van der Waals surface area contributed by atoms with Crippen molar-refractivity contribution in [3.05, 3.63) is 87.9 Å². The van der Waals surface area contributed by atoms with Gasteiger partial charge in [-0.2, -0.15) is 0 Å². The summed E-state index contributed by atoms with van der Waals surface area (Å²) in [6.45, 7) is 2.27. The quantitative estimate of drug-likeness (QED) is 0.641. The van der Waals surface area contributed by atoms with Crippen LogP contribution in [0.1, 0.15) is 28.9 Å². The van der Waals surface area contributed by atoms with Crippen LogP contribution in [0.2, 0.25) is 0 Å². The number of H-pyrrole nitrogens is 1. The van der Waals surface area contributed by atoms with E-state index in [1.165, 1.54) is 18.2 Å². The number of hydrogen-bond donors (Lipinski definition) is 1. The number of likely N-dealkylation sites (tertiary alicyclic amines) is 1. The number of benzene rings is 2. The minimum atomic E-state index is -0.515. The number of ether oxygens (including phenoxy) is 2. The van der Waals surface area contributed by atoms with Crippen molar-refractivity contribution < 1.29 is 18.7 Å². The first-order valence-corrected chi connectivity index (χ1v) is 10.3. The highest BCUT2D eigenvalue weighted by Crippen LogP contribution is 2.39. The molecule has 3 aromatic rings.